The van der Waals surface area contributed by atoms with Crippen LogP contribution in [0.1, 0.15) is 42.6 Å². The molecule has 1 aliphatic heterocycles. The summed E-state index contributed by atoms with van der Waals surface area (Å²) in [5.41, 5.74) is 5.39. The zero-order valence-corrected chi connectivity index (χ0v) is 14.1. The number of pyridine rings is 1. The Labute approximate surface area is 138 Å². The molecule has 3 rings (SSSR count). The van der Waals surface area contributed by atoms with Crippen LogP contribution in [0.4, 0.5) is 0 Å². The number of benzene rings is 1. The first kappa shape index (κ1) is 16.0. The quantitative estimate of drug-likeness (QED) is 0.892. The Kier molecular flexibility index (Phi) is 4.97. The van der Waals surface area contributed by atoms with Crippen molar-refractivity contribution in [3.05, 3.63) is 47.3 Å². The van der Waals surface area contributed by atoms with Crippen LogP contribution in [0.15, 0.2) is 30.3 Å². The summed E-state index contributed by atoms with van der Waals surface area (Å²) >= 11 is 0. The lowest BCUT2D eigenvalue weighted by Gasteiger charge is -2.23. The summed E-state index contributed by atoms with van der Waals surface area (Å²) in [7, 11) is 0. The maximum Gasteiger partial charge on any atom is 0.116 e. The molecule has 1 atom stereocenters. The maximum atomic E-state index is 10.1. The Hall–Kier alpha value is -1.87. The molecule has 2 N–H and O–H groups in total. The summed E-state index contributed by atoms with van der Waals surface area (Å²) in [4.78, 5) is 4.54. The third kappa shape index (κ3) is 4.11. The van der Waals surface area contributed by atoms with Gasteiger partial charge in [0.2, 0.25) is 0 Å². The van der Waals surface area contributed by atoms with Crippen molar-refractivity contribution in [2.24, 2.45) is 0 Å². The fraction of sp³-hybridized carbons (Fsp3) is 0.450. The van der Waals surface area contributed by atoms with Crippen molar-refractivity contribution in [1.82, 2.24) is 10.3 Å². The number of nitrogens with zero attached hydrogens (tertiary/aromatic N) is 1. The smallest absolute Gasteiger partial charge is 0.116 e. The van der Waals surface area contributed by atoms with Crippen molar-refractivity contribution in [3.8, 4) is 16.9 Å². The molecule has 0 saturated carbocycles. The first-order chi connectivity index (χ1) is 11.1. The van der Waals surface area contributed by atoms with E-state index in [9.17, 15) is 5.11 Å². The molecule has 23 heavy (non-hydrogen) atoms. The molecule has 0 amide bonds. The fourth-order valence-electron chi connectivity index (χ4n) is 3.48. The van der Waals surface area contributed by atoms with Crippen molar-refractivity contribution in [2.75, 3.05) is 6.54 Å². The van der Waals surface area contributed by atoms with Crippen LogP contribution in [-0.4, -0.2) is 22.7 Å². The van der Waals surface area contributed by atoms with Gasteiger partial charge in [-0.1, -0.05) is 18.6 Å². The van der Waals surface area contributed by atoms with Gasteiger partial charge in [0.15, 0.2) is 0 Å². The van der Waals surface area contributed by atoms with E-state index in [1.165, 1.54) is 24.8 Å². The van der Waals surface area contributed by atoms with E-state index in [0.717, 1.165) is 41.9 Å². The van der Waals surface area contributed by atoms with E-state index in [4.69, 9.17) is 0 Å². The van der Waals surface area contributed by atoms with Crippen molar-refractivity contribution in [1.29, 1.82) is 0 Å². The first-order valence-electron chi connectivity index (χ1n) is 8.63. The number of aromatic nitrogens is 1. The molecular weight excluding hydrogens is 284 g/mol. The number of piperidine rings is 1. The second kappa shape index (κ2) is 7.14. The van der Waals surface area contributed by atoms with Gasteiger partial charge in [-0.3, -0.25) is 4.98 Å². The predicted octanol–water partition coefficient (Wildman–Crippen LogP) is 4.15. The number of nitrogens with one attached hydrogen (secondary N) is 1. The molecule has 1 saturated heterocycles. The number of rotatable bonds is 4. The molecule has 1 fully saturated rings. The van der Waals surface area contributed by atoms with E-state index in [-0.39, 0.29) is 0 Å². The molecule has 122 valence electrons. The normalized spacial score (nSPS) is 18.1. The summed E-state index contributed by atoms with van der Waals surface area (Å²) in [6.45, 7) is 5.17. The number of aryl methyl sites for hydroxylation is 3. The van der Waals surface area contributed by atoms with Crippen molar-refractivity contribution in [3.63, 3.8) is 0 Å². The van der Waals surface area contributed by atoms with Crippen LogP contribution in [0.3, 0.4) is 0 Å². The van der Waals surface area contributed by atoms with Gasteiger partial charge >= 0.3 is 0 Å². The van der Waals surface area contributed by atoms with Gasteiger partial charge in [0, 0.05) is 23.0 Å². The van der Waals surface area contributed by atoms with Crippen LogP contribution < -0.4 is 5.32 Å². The maximum absolute atomic E-state index is 10.1. The van der Waals surface area contributed by atoms with E-state index < -0.39 is 0 Å². The molecule has 2 heterocycles. The van der Waals surface area contributed by atoms with Crippen LogP contribution >= 0.6 is 0 Å². The molecule has 0 bridgehead atoms. The third-order valence-corrected chi connectivity index (χ3v) is 4.71. The molecule has 1 aromatic carbocycles. The average Bonchev–Trinajstić information content (AvgIpc) is 2.53. The number of phenols is 1. The topological polar surface area (TPSA) is 45.1 Å². The monoisotopic (exact) mass is 310 g/mol. The molecule has 1 aliphatic rings. The lowest BCUT2D eigenvalue weighted by atomic mass is 9.95. The molecule has 1 aromatic heterocycles. The number of aromatic hydroxyl groups is 1. The van der Waals surface area contributed by atoms with Gasteiger partial charge in [-0.2, -0.15) is 0 Å². The third-order valence-electron chi connectivity index (χ3n) is 4.71. The van der Waals surface area contributed by atoms with E-state index in [2.05, 4.69) is 22.4 Å². The summed E-state index contributed by atoms with van der Waals surface area (Å²) in [5.74, 6) is 0.342. The molecule has 0 spiro atoms. The summed E-state index contributed by atoms with van der Waals surface area (Å²) in [5, 5.41) is 13.7. The minimum Gasteiger partial charge on any atom is -0.508 e. The predicted molar refractivity (Wildman–Crippen MR) is 94.8 cm³/mol. The largest absolute Gasteiger partial charge is 0.508 e. The molecule has 0 radical (unpaired) electrons. The van der Waals surface area contributed by atoms with Gasteiger partial charge in [0.05, 0.1) is 0 Å². The molecule has 3 nitrogen and oxygen atoms in total. The van der Waals surface area contributed by atoms with Crippen molar-refractivity contribution < 1.29 is 5.11 Å². The Morgan fingerprint density at radius 1 is 1.17 bits per heavy atom. The Balaban J connectivity index is 1.78. The zero-order valence-electron chi connectivity index (χ0n) is 14.1. The lowest BCUT2D eigenvalue weighted by Crippen LogP contribution is -2.34. The van der Waals surface area contributed by atoms with Gasteiger partial charge in [0.1, 0.15) is 5.75 Å². The van der Waals surface area contributed by atoms with Gasteiger partial charge < -0.3 is 10.4 Å². The highest BCUT2D eigenvalue weighted by Gasteiger charge is 2.13. The lowest BCUT2D eigenvalue weighted by molar-refractivity contribution is 0.382. The highest BCUT2D eigenvalue weighted by atomic mass is 16.3. The Bertz CT molecular complexity index is 675. The molecule has 0 aliphatic carbocycles. The van der Waals surface area contributed by atoms with Crippen LogP contribution in [0.25, 0.3) is 11.1 Å². The van der Waals surface area contributed by atoms with E-state index >= 15 is 0 Å². The molecular formula is C20H26N2O. The Morgan fingerprint density at radius 2 is 2.04 bits per heavy atom. The summed E-state index contributed by atoms with van der Waals surface area (Å²) in [6.07, 6.45) is 6.03. The van der Waals surface area contributed by atoms with Gasteiger partial charge in [-0.05, 0) is 75.4 Å². The van der Waals surface area contributed by atoms with Crippen molar-refractivity contribution in [2.45, 2.75) is 52.0 Å². The highest BCUT2D eigenvalue weighted by molar-refractivity contribution is 5.68. The highest BCUT2D eigenvalue weighted by Crippen LogP contribution is 2.28. The minimum atomic E-state index is 0.342. The van der Waals surface area contributed by atoms with Gasteiger partial charge in [-0.15, -0.1) is 0 Å². The zero-order chi connectivity index (χ0) is 16.2. The second-order valence-electron chi connectivity index (χ2n) is 6.66. The molecule has 2 aromatic rings. The van der Waals surface area contributed by atoms with Crippen molar-refractivity contribution >= 4 is 0 Å². The number of hydrogen-bond acceptors (Lipinski definition) is 3. The van der Waals surface area contributed by atoms with Crippen LogP contribution in [-0.2, 0) is 6.42 Å². The summed E-state index contributed by atoms with van der Waals surface area (Å²) in [6, 6.07) is 10.7. The van der Waals surface area contributed by atoms with Gasteiger partial charge in [-0.25, -0.2) is 0 Å². The minimum absolute atomic E-state index is 0.342. The first-order valence-corrected chi connectivity index (χ1v) is 8.63. The molecule has 3 heteroatoms. The standard InChI is InChI=1S/C20H26N2O/c1-14-6-9-20(15(2)22-14)17-11-16(12-19(23)13-17)7-8-18-5-3-4-10-21-18/h6,9,11-13,18,21,23H,3-5,7-8,10H2,1-2H3. The van der Waals surface area contributed by atoms with Crippen LogP contribution in [0, 0.1) is 13.8 Å². The summed E-state index contributed by atoms with van der Waals surface area (Å²) < 4.78 is 0. The van der Waals surface area contributed by atoms with E-state index in [1.54, 1.807) is 0 Å². The fourth-order valence-corrected chi connectivity index (χ4v) is 3.48. The van der Waals surface area contributed by atoms with E-state index in [1.807, 2.05) is 32.0 Å². The van der Waals surface area contributed by atoms with Crippen LogP contribution in [0.2, 0.25) is 0 Å². The molecule has 1 unspecified atom stereocenters. The SMILES string of the molecule is Cc1ccc(-c2cc(O)cc(CCC3CCCCN3)c2)c(C)n1. The second-order valence-corrected chi connectivity index (χ2v) is 6.66. The van der Waals surface area contributed by atoms with E-state index in [0.29, 0.717) is 11.8 Å². The number of phenolic OH excluding ortho intramolecular Hbond substituents is 1. The average molecular weight is 310 g/mol. The number of hydrogen-bond donors (Lipinski definition) is 2. The Morgan fingerprint density at radius 3 is 2.78 bits per heavy atom. The van der Waals surface area contributed by atoms with Crippen LogP contribution in [0.5, 0.6) is 5.75 Å². The van der Waals surface area contributed by atoms with Gasteiger partial charge in [0.25, 0.3) is 0 Å².